The summed E-state index contributed by atoms with van der Waals surface area (Å²) in [5, 5.41) is 3.20. The summed E-state index contributed by atoms with van der Waals surface area (Å²) in [4.78, 5) is 14.1. The van der Waals surface area contributed by atoms with Crippen LogP contribution in [0.25, 0.3) is 0 Å². The highest BCUT2D eigenvalue weighted by molar-refractivity contribution is 5.76. The fourth-order valence-electron chi connectivity index (χ4n) is 2.38. The number of likely N-dealkylation sites (tertiary alicyclic amines) is 1. The minimum Gasteiger partial charge on any atom is -0.343 e. The van der Waals surface area contributed by atoms with E-state index in [0.717, 1.165) is 25.6 Å². The molecule has 0 aromatic rings. The van der Waals surface area contributed by atoms with Crippen molar-refractivity contribution in [2.75, 3.05) is 26.7 Å². The van der Waals surface area contributed by atoms with Gasteiger partial charge in [-0.2, -0.15) is 0 Å². The summed E-state index contributed by atoms with van der Waals surface area (Å²) in [5.74, 6) is 1.14. The van der Waals surface area contributed by atoms with Crippen LogP contribution in [-0.2, 0) is 4.79 Å². The highest BCUT2D eigenvalue weighted by Crippen LogP contribution is 2.24. The average molecular weight is 240 g/mol. The van der Waals surface area contributed by atoms with Gasteiger partial charge in [-0.1, -0.05) is 20.8 Å². The van der Waals surface area contributed by atoms with Crippen LogP contribution in [0.3, 0.4) is 0 Å². The molecule has 0 unspecified atom stereocenters. The van der Waals surface area contributed by atoms with Gasteiger partial charge < -0.3 is 10.2 Å². The second kappa shape index (κ2) is 6.39. The molecule has 0 radical (unpaired) electrons. The molecule has 1 saturated heterocycles. The lowest BCUT2D eigenvalue weighted by Gasteiger charge is -2.33. The van der Waals surface area contributed by atoms with Crippen LogP contribution < -0.4 is 5.32 Å². The van der Waals surface area contributed by atoms with Crippen LogP contribution in [-0.4, -0.2) is 37.5 Å². The Hall–Kier alpha value is -0.570. The van der Waals surface area contributed by atoms with Crippen LogP contribution in [0.15, 0.2) is 0 Å². The lowest BCUT2D eigenvalue weighted by molar-refractivity contribution is -0.134. The largest absolute Gasteiger partial charge is 0.343 e. The zero-order valence-corrected chi connectivity index (χ0v) is 11.9. The Morgan fingerprint density at radius 2 is 1.88 bits per heavy atom. The number of carbonyl (C=O) groups excluding carboxylic acids is 1. The Balaban J connectivity index is 2.29. The van der Waals surface area contributed by atoms with Crippen molar-refractivity contribution < 1.29 is 4.79 Å². The Morgan fingerprint density at radius 3 is 2.35 bits per heavy atom. The maximum Gasteiger partial charge on any atom is 0.223 e. The van der Waals surface area contributed by atoms with Gasteiger partial charge in [0.15, 0.2) is 0 Å². The molecule has 1 rings (SSSR count). The van der Waals surface area contributed by atoms with Crippen LogP contribution >= 0.6 is 0 Å². The molecular formula is C14H28N2O. The van der Waals surface area contributed by atoms with Crippen LogP contribution in [0.5, 0.6) is 0 Å². The normalized spacial score (nSPS) is 18.5. The van der Waals surface area contributed by atoms with E-state index in [1.165, 1.54) is 19.3 Å². The molecule has 1 heterocycles. The zero-order chi connectivity index (χ0) is 12.9. The monoisotopic (exact) mass is 240 g/mol. The molecule has 0 spiro atoms. The lowest BCUT2D eigenvalue weighted by Crippen LogP contribution is -2.40. The number of piperidine rings is 1. The van der Waals surface area contributed by atoms with E-state index >= 15 is 0 Å². The molecular weight excluding hydrogens is 212 g/mol. The Bertz CT molecular complexity index is 237. The fourth-order valence-corrected chi connectivity index (χ4v) is 2.38. The van der Waals surface area contributed by atoms with Crippen molar-refractivity contribution in [1.82, 2.24) is 10.2 Å². The predicted molar refractivity (Wildman–Crippen MR) is 71.9 cm³/mol. The van der Waals surface area contributed by atoms with E-state index in [4.69, 9.17) is 0 Å². The van der Waals surface area contributed by atoms with Gasteiger partial charge in [0.25, 0.3) is 0 Å². The van der Waals surface area contributed by atoms with Crippen LogP contribution in [0.1, 0.15) is 46.5 Å². The van der Waals surface area contributed by atoms with E-state index in [0.29, 0.717) is 12.3 Å². The van der Waals surface area contributed by atoms with Crippen molar-refractivity contribution >= 4 is 5.91 Å². The summed E-state index contributed by atoms with van der Waals surface area (Å²) in [6.07, 6.45) is 4.28. The summed E-state index contributed by atoms with van der Waals surface area (Å²) >= 11 is 0. The third-order valence-electron chi connectivity index (χ3n) is 3.45. The first-order valence-electron chi connectivity index (χ1n) is 6.85. The molecule has 0 aromatic heterocycles. The van der Waals surface area contributed by atoms with E-state index in [1.807, 2.05) is 7.05 Å². The summed E-state index contributed by atoms with van der Waals surface area (Å²) in [7, 11) is 2.00. The Morgan fingerprint density at radius 1 is 1.29 bits per heavy atom. The molecule has 0 saturated carbocycles. The number of nitrogens with zero attached hydrogens (tertiary/aromatic N) is 1. The lowest BCUT2D eigenvalue weighted by atomic mass is 9.89. The molecule has 3 heteroatoms. The van der Waals surface area contributed by atoms with Crippen molar-refractivity contribution in [3.05, 3.63) is 0 Å². The van der Waals surface area contributed by atoms with Gasteiger partial charge in [0.05, 0.1) is 0 Å². The standard InChI is InChI=1S/C14H28N2O/c1-14(2,3)11-13(17)16-9-6-12(7-10-16)5-8-15-4/h12,15H,5-11H2,1-4H3. The van der Waals surface area contributed by atoms with Crippen molar-refractivity contribution in [2.24, 2.45) is 11.3 Å². The second-order valence-corrected chi connectivity index (χ2v) is 6.45. The number of amides is 1. The molecule has 0 bridgehead atoms. The molecule has 1 N–H and O–H groups in total. The van der Waals surface area contributed by atoms with Gasteiger partial charge in [0.1, 0.15) is 0 Å². The van der Waals surface area contributed by atoms with Gasteiger partial charge in [-0.15, -0.1) is 0 Å². The fraction of sp³-hybridized carbons (Fsp3) is 0.929. The van der Waals surface area contributed by atoms with Gasteiger partial charge in [-0.05, 0) is 44.2 Å². The van der Waals surface area contributed by atoms with Gasteiger partial charge in [-0.3, -0.25) is 4.79 Å². The quantitative estimate of drug-likeness (QED) is 0.817. The molecule has 17 heavy (non-hydrogen) atoms. The van der Waals surface area contributed by atoms with Gasteiger partial charge in [0.2, 0.25) is 5.91 Å². The first kappa shape index (κ1) is 14.5. The maximum absolute atomic E-state index is 12.0. The van der Waals surface area contributed by atoms with E-state index in [9.17, 15) is 4.79 Å². The number of hydrogen-bond donors (Lipinski definition) is 1. The Labute approximate surface area is 106 Å². The number of nitrogens with one attached hydrogen (secondary N) is 1. The molecule has 1 aliphatic rings. The zero-order valence-electron chi connectivity index (χ0n) is 11.9. The van der Waals surface area contributed by atoms with E-state index in [1.54, 1.807) is 0 Å². The molecule has 0 atom stereocenters. The number of hydrogen-bond acceptors (Lipinski definition) is 2. The van der Waals surface area contributed by atoms with Gasteiger partial charge in [0, 0.05) is 19.5 Å². The minimum absolute atomic E-state index is 0.111. The van der Waals surface area contributed by atoms with Gasteiger partial charge in [-0.25, -0.2) is 0 Å². The summed E-state index contributed by atoms with van der Waals surface area (Å²) in [5.41, 5.74) is 0.111. The second-order valence-electron chi connectivity index (χ2n) is 6.45. The smallest absolute Gasteiger partial charge is 0.223 e. The summed E-state index contributed by atoms with van der Waals surface area (Å²) in [6.45, 7) is 9.41. The molecule has 3 nitrogen and oxygen atoms in total. The van der Waals surface area contributed by atoms with Gasteiger partial charge >= 0.3 is 0 Å². The van der Waals surface area contributed by atoms with Crippen molar-refractivity contribution in [3.63, 3.8) is 0 Å². The maximum atomic E-state index is 12.0. The van der Waals surface area contributed by atoms with Crippen LogP contribution in [0.4, 0.5) is 0 Å². The average Bonchev–Trinajstić information content (AvgIpc) is 2.24. The molecule has 1 aliphatic heterocycles. The topological polar surface area (TPSA) is 32.3 Å². The van der Waals surface area contributed by atoms with Crippen molar-refractivity contribution in [3.8, 4) is 0 Å². The predicted octanol–water partition coefficient (Wildman–Crippen LogP) is 2.27. The highest BCUT2D eigenvalue weighted by Gasteiger charge is 2.25. The third-order valence-corrected chi connectivity index (χ3v) is 3.45. The van der Waals surface area contributed by atoms with Crippen molar-refractivity contribution in [1.29, 1.82) is 0 Å². The highest BCUT2D eigenvalue weighted by atomic mass is 16.2. The first-order valence-corrected chi connectivity index (χ1v) is 6.85. The summed E-state index contributed by atoms with van der Waals surface area (Å²) in [6, 6.07) is 0. The molecule has 1 fully saturated rings. The number of carbonyl (C=O) groups is 1. The molecule has 1 amide bonds. The molecule has 0 aliphatic carbocycles. The Kier molecular flexibility index (Phi) is 5.44. The van der Waals surface area contributed by atoms with Crippen LogP contribution in [0, 0.1) is 11.3 Å². The number of rotatable bonds is 4. The van der Waals surface area contributed by atoms with E-state index < -0.39 is 0 Å². The minimum atomic E-state index is 0.111. The van der Waals surface area contributed by atoms with E-state index in [-0.39, 0.29) is 5.41 Å². The first-order chi connectivity index (χ1) is 7.92. The van der Waals surface area contributed by atoms with Crippen molar-refractivity contribution in [2.45, 2.75) is 46.5 Å². The van der Waals surface area contributed by atoms with E-state index in [2.05, 4.69) is 31.0 Å². The summed E-state index contributed by atoms with van der Waals surface area (Å²) < 4.78 is 0. The molecule has 100 valence electrons. The van der Waals surface area contributed by atoms with Crippen LogP contribution in [0.2, 0.25) is 0 Å². The SMILES string of the molecule is CNCCC1CCN(C(=O)CC(C)(C)C)CC1. The third kappa shape index (κ3) is 5.53. The molecule has 0 aromatic carbocycles.